The molecule has 0 saturated heterocycles. The van der Waals surface area contributed by atoms with E-state index in [1.54, 1.807) is 0 Å². The van der Waals surface area contributed by atoms with Gasteiger partial charge >= 0.3 is 0 Å². The van der Waals surface area contributed by atoms with Crippen LogP contribution < -0.4 is 5.32 Å². The van der Waals surface area contributed by atoms with Crippen LogP contribution in [-0.2, 0) is 0 Å². The third-order valence-corrected chi connectivity index (χ3v) is 3.35. The number of hydrogen-bond donors (Lipinski definition) is 1. The van der Waals surface area contributed by atoms with Crippen LogP contribution in [0.4, 0.5) is 0 Å². The summed E-state index contributed by atoms with van der Waals surface area (Å²) in [6.45, 7) is 1.05. The Hall–Kier alpha value is -0.530. The van der Waals surface area contributed by atoms with Gasteiger partial charge in [0.1, 0.15) is 0 Å². The average molecular weight is 194 g/mol. The van der Waals surface area contributed by atoms with Gasteiger partial charge in [0.25, 0.3) is 0 Å². The SMILES string of the molecule is C1CCN=C(NC2CCCCC2)CC1. The monoisotopic (exact) mass is 194 g/mol. The standard InChI is InChI=1S/C12H22N2/c1-3-7-11(8-4-1)14-12-9-5-2-6-10-13-12/h11H,1-10H2,(H,13,14). The molecule has 1 fully saturated rings. The third-order valence-electron chi connectivity index (χ3n) is 3.35. The number of amidine groups is 1. The molecule has 1 heterocycles. The Morgan fingerprint density at radius 2 is 1.71 bits per heavy atom. The molecule has 1 aliphatic carbocycles. The first-order chi connectivity index (χ1) is 6.95. The lowest BCUT2D eigenvalue weighted by atomic mass is 9.95. The van der Waals surface area contributed by atoms with E-state index in [2.05, 4.69) is 10.3 Å². The van der Waals surface area contributed by atoms with Gasteiger partial charge in [-0.1, -0.05) is 25.7 Å². The van der Waals surface area contributed by atoms with Crippen molar-refractivity contribution in [3.8, 4) is 0 Å². The van der Waals surface area contributed by atoms with Crippen LogP contribution in [0.2, 0.25) is 0 Å². The zero-order chi connectivity index (χ0) is 9.64. The lowest BCUT2D eigenvalue weighted by Gasteiger charge is -2.24. The van der Waals surface area contributed by atoms with Crippen LogP contribution in [0.1, 0.15) is 57.8 Å². The molecule has 0 aromatic rings. The van der Waals surface area contributed by atoms with Crippen molar-refractivity contribution in [1.82, 2.24) is 5.32 Å². The summed E-state index contributed by atoms with van der Waals surface area (Å²) >= 11 is 0. The van der Waals surface area contributed by atoms with Crippen molar-refractivity contribution in [2.24, 2.45) is 4.99 Å². The van der Waals surface area contributed by atoms with E-state index < -0.39 is 0 Å². The summed E-state index contributed by atoms with van der Waals surface area (Å²) in [4.78, 5) is 4.62. The lowest BCUT2D eigenvalue weighted by molar-refractivity contribution is 0.411. The van der Waals surface area contributed by atoms with Crippen LogP contribution in [0.15, 0.2) is 4.99 Å². The summed E-state index contributed by atoms with van der Waals surface area (Å²) < 4.78 is 0. The topological polar surface area (TPSA) is 24.4 Å². The predicted molar refractivity (Wildman–Crippen MR) is 60.8 cm³/mol. The Bertz CT molecular complexity index is 192. The van der Waals surface area contributed by atoms with Gasteiger partial charge in [-0.05, 0) is 25.7 Å². The second-order valence-electron chi connectivity index (χ2n) is 4.62. The van der Waals surface area contributed by atoms with Crippen LogP contribution in [0.3, 0.4) is 0 Å². The first-order valence-electron chi connectivity index (χ1n) is 6.25. The molecule has 1 aliphatic heterocycles. The van der Waals surface area contributed by atoms with Gasteiger partial charge in [-0.15, -0.1) is 0 Å². The van der Waals surface area contributed by atoms with Crippen molar-refractivity contribution >= 4 is 5.84 Å². The van der Waals surface area contributed by atoms with Crippen LogP contribution in [0.25, 0.3) is 0 Å². The second-order valence-corrected chi connectivity index (χ2v) is 4.62. The van der Waals surface area contributed by atoms with Gasteiger partial charge < -0.3 is 5.32 Å². The largest absolute Gasteiger partial charge is 0.371 e. The number of rotatable bonds is 1. The second kappa shape index (κ2) is 5.38. The van der Waals surface area contributed by atoms with Gasteiger partial charge in [-0.25, -0.2) is 0 Å². The molecule has 0 aromatic carbocycles. The molecule has 14 heavy (non-hydrogen) atoms. The molecule has 1 saturated carbocycles. The molecule has 80 valence electrons. The summed E-state index contributed by atoms with van der Waals surface area (Å²) in [6.07, 6.45) is 12.1. The van der Waals surface area contributed by atoms with E-state index in [0.717, 1.165) is 12.6 Å². The van der Waals surface area contributed by atoms with Crippen molar-refractivity contribution in [1.29, 1.82) is 0 Å². The highest BCUT2D eigenvalue weighted by atomic mass is 15.0. The van der Waals surface area contributed by atoms with Gasteiger partial charge in [0.15, 0.2) is 0 Å². The molecule has 2 nitrogen and oxygen atoms in total. The average Bonchev–Trinajstić information content (AvgIpc) is 2.48. The molecule has 0 radical (unpaired) electrons. The van der Waals surface area contributed by atoms with Crippen molar-refractivity contribution in [3.63, 3.8) is 0 Å². The van der Waals surface area contributed by atoms with Crippen molar-refractivity contribution in [3.05, 3.63) is 0 Å². The molecule has 0 atom stereocenters. The summed E-state index contributed by atoms with van der Waals surface area (Å²) in [6, 6.07) is 0.737. The van der Waals surface area contributed by atoms with Crippen LogP contribution in [0, 0.1) is 0 Å². The fraction of sp³-hybridized carbons (Fsp3) is 0.917. The van der Waals surface area contributed by atoms with Crippen LogP contribution in [0.5, 0.6) is 0 Å². The number of hydrogen-bond acceptors (Lipinski definition) is 2. The maximum Gasteiger partial charge on any atom is 0.0965 e. The highest BCUT2D eigenvalue weighted by Gasteiger charge is 2.14. The molecule has 2 rings (SSSR count). The Morgan fingerprint density at radius 3 is 2.57 bits per heavy atom. The van der Waals surface area contributed by atoms with Gasteiger partial charge in [-0.3, -0.25) is 4.99 Å². The van der Waals surface area contributed by atoms with Crippen molar-refractivity contribution in [2.75, 3.05) is 6.54 Å². The Morgan fingerprint density at radius 1 is 0.929 bits per heavy atom. The first-order valence-corrected chi connectivity index (χ1v) is 6.25. The first kappa shape index (κ1) is 10.0. The molecule has 0 spiro atoms. The lowest BCUT2D eigenvalue weighted by Crippen LogP contribution is -2.36. The fourth-order valence-electron chi connectivity index (χ4n) is 2.47. The number of nitrogens with one attached hydrogen (secondary N) is 1. The Balaban J connectivity index is 1.79. The van der Waals surface area contributed by atoms with Crippen molar-refractivity contribution in [2.45, 2.75) is 63.8 Å². The normalized spacial score (nSPS) is 25.3. The van der Waals surface area contributed by atoms with Gasteiger partial charge in [0.2, 0.25) is 0 Å². The Kier molecular flexibility index (Phi) is 3.84. The van der Waals surface area contributed by atoms with E-state index in [0.29, 0.717) is 0 Å². The number of aliphatic imine (C=N–C) groups is 1. The molecule has 0 unspecified atom stereocenters. The van der Waals surface area contributed by atoms with E-state index in [-0.39, 0.29) is 0 Å². The zero-order valence-corrected chi connectivity index (χ0v) is 9.10. The minimum Gasteiger partial charge on any atom is -0.371 e. The molecule has 0 amide bonds. The minimum absolute atomic E-state index is 0.737. The van der Waals surface area contributed by atoms with Crippen molar-refractivity contribution < 1.29 is 0 Å². The van der Waals surface area contributed by atoms with Gasteiger partial charge in [0, 0.05) is 19.0 Å². The highest BCUT2D eigenvalue weighted by molar-refractivity contribution is 5.82. The maximum atomic E-state index is 4.62. The molecule has 1 N–H and O–H groups in total. The molecule has 2 heteroatoms. The van der Waals surface area contributed by atoms with E-state index >= 15 is 0 Å². The molecule has 2 aliphatic rings. The fourth-order valence-corrected chi connectivity index (χ4v) is 2.47. The summed E-state index contributed by atoms with van der Waals surface area (Å²) in [5.74, 6) is 1.30. The third kappa shape index (κ3) is 3.00. The van der Waals surface area contributed by atoms with Gasteiger partial charge in [0.05, 0.1) is 5.84 Å². The summed E-state index contributed by atoms with van der Waals surface area (Å²) in [5.41, 5.74) is 0. The van der Waals surface area contributed by atoms with Gasteiger partial charge in [-0.2, -0.15) is 0 Å². The van der Waals surface area contributed by atoms with E-state index in [1.807, 2.05) is 0 Å². The van der Waals surface area contributed by atoms with E-state index in [4.69, 9.17) is 0 Å². The highest BCUT2D eigenvalue weighted by Crippen LogP contribution is 2.18. The molecular weight excluding hydrogens is 172 g/mol. The smallest absolute Gasteiger partial charge is 0.0965 e. The zero-order valence-electron chi connectivity index (χ0n) is 9.10. The molecule has 0 aromatic heterocycles. The number of nitrogens with zero attached hydrogens (tertiary/aromatic N) is 1. The minimum atomic E-state index is 0.737. The molecular formula is C12H22N2. The van der Waals surface area contributed by atoms with E-state index in [9.17, 15) is 0 Å². The Labute approximate surface area is 87.2 Å². The summed E-state index contributed by atoms with van der Waals surface area (Å²) in [7, 11) is 0. The maximum absolute atomic E-state index is 4.62. The summed E-state index contributed by atoms with van der Waals surface area (Å²) in [5, 5.41) is 3.65. The molecule has 0 bridgehead atoms. The van der Waals surface area contributed by atoms with Crippen LogP contribution in [-0.4, -0.2) is 18.4 Å². The quantitative estimate of drug-likeness (QED) is 0.682. The van der Waals surface area contributed by atoms with Crippen LogP contribution >= 0.6 is 0 Å². The predicted octanol–water partition coefficient (Wildman–Crippen LogP) is 2.88. The van der Waals surface area contributed by atoms with E-state index in [1.165, 1.54) is 63.6 Å².